The lowest BCUT2D eigenvalue weighted by atomic mass is 9.65. The van der Waals surface area contributed by atoms with Crippen LogP contribution in [0.1, 0.15) is 29.5 Å². The Morgan fingerprint density at radius 1 is 0.889 bits per heavy atom. The normalized spacial score (nSPS) is 24.6. The van der Waals surface area contributed by atoms with Crippen molar-refractivity contribution in [3.05, 3.63) is 95.6 Å². The Morgan fingerprint density at radius 3 is 2.19 bits per heavy atom. The van der Waals surface area contributed by atoms with E-state index in [9.17, 15) is 9.59 Å². The lowest BCUT2D eigenvalue weighted by Crippen LogP contribution is -2.55. The van der Waals surface area contributed by atoms with Crippen LogP contribution in [0.4, 0.5) is 5.69 Å². The van der Waals surface area contributed by atoms with Gasteiger partial charge >= 0.3 is 0 Å². The molecule has 2 amide bonds. The van der Waals surface area contributed by atoms with Crippen LogP contribution >= 0.6 is 0 Å². The molecule has 0 radical (unpaired) electrons. The molecule has 3 unspecified atom stereocenters. The first kappa shape index (κ1) is 22.4. The third-order valence-corrected chi connectivity index (χ3v) is 7.96. The zero-order chi connectivity index (χ0) is 25.0. The largest absolute Gasteiger partial charge is 0.493 e. The van der Waals surface area contributed by atoms with Gasteiger partial charge in [-0.25, -0.2) is 4.90 Å². The van der Waals surface area contributed by atoms with Crippen molar-refractivity contribution in [1.82, 2.24) is 4.90 Å². The molecule has 6 heteroatoms. The van der Waals surface area contributed by atoms with Gasteiger partial charge in [0, 0.05) is 23.7 Å². The fourth-order valence-corrected chi connectivity index (χ4v) is 6.19. The number of hydrogen-bond donors (Lipinski definition) is 0. The van der Waals surface area contributed by atoms with Crippen molar-refractivity contribution < 1.29 is 19.1 Å². The van der Waals surface area contributed by atoms with Crippen LogP contribution in [0.3, 0.4) is 0 Å². The van der Waals surface area contributed by atoms with E-state index in [0.29, 0.717) is 23.7 Å². The monoisotopic (exact) mass is 480 g/mol. The van der Waals surface area contributed by atoms with Gasteiger partial charge in [0.1, 0.15) is 6.04 Å². The van der Waals surface area contributed by atoms with E-state index in [0.717, 1.165) is 28.8 Å². The lowest BCUT2D eigenvalue weighted by molar-refractivity contribution is -0.127. The molecule has 0 bridgehead atoms. The summed E-state index contributed by atoms with van der Waals surface area (Å²) in [5, 5.41) is 0. The Labute approximate surface area is 210 Å². The number of hydrogen-bond acceptors (Lipinski definition) is 5. The van der Waals surface area contributed by atoms with Gasteiger partial charge in [0.2, 0.25) is 5.91 Å². The Bertz CT molecular complexity index is 1380. The number of imide groups is 1. The number of benzene rings is 3. The summed E-state index contributed by atoms with van der Waals surface area (Å²) in [6.45, 7) is 2.59. The Hall–Kier alpha value is -4.06. The van der Waals surface area contributed by atoms with Crippen LogP contribution in [0.2, 0.25) is 0 Å². The first-order valence-corrected chi connectivity index (χ1v) is 12.2. The minimum atomic E-state index is -0.953. The smallest absolute Gasteiger partial charge is 0.257 e. The predicted octanol–water partition coefficient (Wildman–Crippen LogP) is 4.65. The van der Waals surface area contributed by atoms with E-state index in [1.807, 2.05) is 79.7 Å². The first-order chi connectivity index (χ1) is 17.5. The minimum absolute atomic E-state index is 0.161. The number of amides is 2. The van der Waals surface area contributed by atoms with Gasteiger partial charge in [-0.15, -0.1) is 0 Å². The van der Waals surface area contributed by atoms with Crippen LogP contribution < -0.4 is 14.4 Å². The molecule has 0 spiro atoms. The standard InChI is InChI=1S/C30H28N2O4/c1-30-23(19-10-6-4-7-11-19)18-24-22-17-26(36-3)25(35-2)16-20(22)14-15-31(24)27(30)28(33)32(29(30)34)21-12-8-5-9-13-21/h4-13,16-18,23,27H,14-15H2,1-3H3. The molecular formula is C30H28N2O4. The van der Waals surface area contributed by atoms with Crippen molar-refractivity contribution in [2.75, 3.05) is 25.7 Å². The van der Waals surface area contributed by atoms with E-state index in [4.69, 9.17) is 9.47 Å². The SMILES string of the molecule is COc1cc2c(cc1OC)C1=CC(c3ccccc3)C3(C)C(=O)N(c4ccccc4)C(=O)C3N1CC2. The van der Waals surface area contributed by atoms with Gasteiger partial charge in [-0.05, 0) is 48.7 Å². The van der Waals surface area contributed by atoms with Gasteiger partial charge in [-0.3, -0.25) is 9.59 Å². The van der Waals surface area contributed by atoms with Crippen LogP contribution in [-0.2, 0) is 16.0 Å². The number of allylic oxidation sites excluding steroid dienone is 1. The summed E-state index contributed by atoms with van der Waals surface area (Å²) in [7, 11) is 3.26. The quantitative estimate of drug-likeness (QED) is 0.509. The van der Waals surface area contributed by atoms with Crippen LogP contribution in [-0.4, -0.2) is 43.5 Å². The third-order valence-electron chi connectivity index (χ3n) is 7.96. The van der Waals surface area contributed by atoms with E-state index in [-0.39, 0.29) is 17.7 Å². The molecule has 36 heavy (non-hydrogen) atoms. The van der Waals surface area contributed by atoms with E-state index in [2.05, 4.69) is 11.0 Å². The van der Waals surface area contributed by atoms with Crippen molar-refractivity contribution in [1.29, 1.82) is 0 Å². The average molecular weight is 481 g/mol. The second-order valence-corrected chi connectivity index (χ2v) is 9.75. The first-order valence-electron chi connectivity index (χ1n) is 12.2. The van der Waals surface area contributed by atoms with Gasteiger partial charge in [0.15, 0.2) is 11.5 Å². The van der Waals surface area contributed by atoms with E-state index >= 15 is 0 Å². The van der Waals surface area contributed by atoms with Crippen molar-refractivity contribution >= 4 is 23.2 Å². The summed E-state index contributed by atoms with van der Waals surface area (Å²) in [6.07, 6.45) is 2.91. The highest BCUT2D eigenvalue weighted by molar-refractivity contribution is 6.26. The third kappa shape index (κ3) is 3.03. The number of anilines is 1. The maximum Gasteiger partial charge on any atom is 0.257 e. The summed E-state index contributed by atoms with van der Waals surface area (Å²) in [6, 6.07) is 22.7. The summed E-state index contributed by atoms with van der Waals surface area (Å²) < 4.78 is 11.2. The van der Waals surface area contributed by atoms with Crippen LogP contribution in [0.15, 0.2) is 78.9 Å². The second kappa shape index (κ2) is 8.26. The molecule has 3 aliphatic rings. The number of carbonyl (C=O) groups is 2. The highest BCUT2D eigenvalue weighted by Gasteiger charge is 2.64. The molecular weight excluding hydrogens is 452 g/mol. The molecule has 3 aromatic rings. The molecule has 0 N–H and O–H groups in total. The average Bonchev–Trinajstić information content (AvgIpc) is 3.13. The second-order valence-electron chi connectivity index (χ2n) is 9.75. The number of carbonyl (C=O) groups excluding carboxylic acids is 2. The van der Waals surface area contributed by atoms with Gasteiger partial charge in [0.05, 0.1) is 25.3 Å². The Balaban J connectivity index is 1.57. The Morgan fingerprint density at radius 2 is 1.53 bits per heavy atom. The van der Waals surface area contributed by atoms with E-state index in [1.165, 1.54) is 4.90 Å². The van der Waals surface area contributed by atoms with Gasteiger partial charge in [0.25, 0.3) is 5.91 Å². The summed E-state index contributed by atoms with van der Waals surface area (Å²) in [5.41, 5.74) is 3.79. The lowest BCUT2D eigenvalue weighted by Gasteiger charge is -2.48. The highest BCUT2D eigenvalue weighted by atomic mass is 16.5. The zero-order valence-corrected chi connectivity index (χ0v) is 20.6. The number of fused-ring (bicyclic) bond motifs is 5. The number of ether oxygens (including phenoxy) is 2. The van der Waals surface area contributed by atoms with Gasteiger partial charge in [-0.1, -0.05) is 54.6 Å². The number of para-hydroxylation sites is 1. The van der Waals surface area contributed by atoms with Crippen molar-refractivity contribution in [3.8, 4) is 11.5 Å². The molecule has 3 atom stereocenters. The van der Waals surface area contributed by atoms with Crippen molar-refractivity contribution in [3.63, 3.8) is 0 Å². The fraction of sp³-hybridized carbons (Fsp3) is 0.267. The van der Waals surface area contributed by atoms with Crippen molar-refractivity contribution in [2.24, 2.45) is 5.41 Å². The minimum Gasteiger partial charge on any atom is -0.493 e. The molecule has 6 nitrogen and oxygen atoms in total. The van der Waals surface area contributed by atoms with Crippen molar-refractivity contribution in [2.45, 2.75) is 25.3 Å². The molecule has 182 valence electrons. The molecule has 3 aliphatic heterocycles. The summed E-state index contributed by atoms with van der Waals surface area (Å²) in [5.74, 6) is 0.713. The van der Waals surface area contributed by atoms with Gasteiger partial charge in [-0.2, -0.15) is 0 Å². The molecule has 3 aromatic carbocycles. The maximum atomic E-state index is 14.2. The highest BCUT2D eigenvalue weighted by Crippen LogP contribution is 2.55. The van der Waals surface area contributed by atoms with Crippen LogP contribution in [0.25, 0.3) is 5.70 Å². The van der Waals surface area contributed by atoms with E-state index < -0.39 is 11.5 Å². The van der Waals surface area contributed by atoms with Crippen LogP contribution in [0.5, 0.6) is 11.5 Å². The fourth-order valence-electron chi connectivity index (χ4n) is 6.19. The summed E-state index contributed by atoms with van der Waals surface area (Å²) >= 11 is 0. The Kier molecular flexibility index (Phi) is 5.14. The molecule has 0 saturated carbocycles. The zero-order valence-electron chi connectivity index (χ0n) is 20.6. The predicted molar refractivity (Wildman–Crippen MR) is 138 cm³/mol. The van der Waals surface area contributed by atoms with E-state index in [1.54, 1.807) is 14.2 Å². The molecule has 0 aromatic heterocycles. The molecule has 3 heterocycles. The number of nitrogens with zero attached hydrogens (tertiary/aromatic N) is 2. The molecule has 1 saturated heterocycles. The maximum absolute atomic E-state index is 14.2. The number of rotatable bonds is 4. The number of methoxy groups -OCH3 is 2. The topological polar surface area (TPSA) is 59.1 Å². The molecule has 6 rings (SSSR count). The molecule has 0 aliphatic carbocycles. The van der Waals surface area contributed by atoms with Crippen LogP contribution in [0, 0.1) is 5.41 Å². The summed E-state index contributed by atoms with van der Waals surface area (Å²) in [4.78, 5) is 31.8. The molecule has 1 fully saturated rings. The van der Waals surface area contributed by atoms with Gasteiger partial charge < -0.3 is 14.4 Å².